The van der Waals surface area contributed by atoms with Crippen LogP contribution < -0.4 is 0 Å². The number of sulfonamides is 1. The highest BCUT2D eigenvalue weighted by molar-refractivity contribution is 7.89. The molecule has 1 aromatic rings. The first-order valence-corrected chi connectivity index (χ1v) is 11.6. The highest BCUT2D eigenvalue weighted by Crippen LogP contribution is 2.55. The van der Waals surface area contributed by atoms with Gasteiger partial charge in [-0.1, -0.05) is 36.4 Å². The zero-order valence-electron chi connectivity index (χ0n) is 16.2. The molecule has 1 N–H and O–H groups in total. The van der Waals surface area contributed by atoms with E-state index in [2.05, 4.69) is 35.2 Å². The quantitative estimate of drug-likeness (QED) is 0.776. The van der Waals surface area contributed by atoms with Crippen LogP contribution in [0.1, 0.15) is 43.7 Å². The molecule has 0 bridgehead atoms. The number of allylic oxidation sites excluding steroid dienone is 1. The molecule has 2 saturated heterocycles. The molecule has 4 rings (SSSR count). The molecule has 27 heavy (non-hydrogen) atoms. The molecule has 2 atom stereocenters. The Morgan fingerprint density at radius 1 is 1.22 bits per heavy atom. The maximum absolute atomic E-state index is 12.3. The summed E-state index contributed by atoms with van der Waals surface area (Å²) in [4.78, 5) is 2.41. The Hall–Kier alpha value is -1.21. The van der Waals surface area contributed by atoms with Crippen LogP contribution in [0, 0.1) is 5.92 Å². The van der Waals surface area contributed by atoms with Crippen LogP contribution in [0.25, 0.3) is 6.08 Å². The van der Waals surface area contributed by atoms with E-state index >= 15 is 0 Å². The molecule has 1 saturated carbocycles. The lowest BCUT2D eigenvalue weighted by molar-refractivity contribution is -0.172. The predicted molar refractivity (Wildman–Crippen MR) is 108 cm³/mol. The SMILES string of the molecule is C/C=C/c1ccc([C@H]2[C@@H](CO)N(CC3CC3)C23CN(S(=O)(=O)CC)C3)cc1. The summed E-state index contributed by atoms with van der Waals surface area (Å²) in [6.45, 7) is 5.91. The van der Waals surface area contributed by atoms with Crippen molar-refractivity contribution in [1.29, 1.82) is 0 Å². The minimum atomic E-state index is -3.15. The fraction of sp³-hybridized carbons (Fsp3) is 0.619. The highest BCUT2D eigenvalue weighted by atomic mass is 32.2. The van der Waals surface area contributed by atoms with Gasteiger partial charge in [0, 0.05) is 31.6 Å². The van der Waals surface area contributed by atoms with Crippen LogP contribution in [0.4, 0.5) is 0 Å². The van der Waals surface area contributed by atoms with Gasteiger partial charge in [-0.25, -0.2) is 8.42 Å². The number of hydrogen-bond acceptors (Lipinski definition) is 4. The van der Waals surface area contributed by atoms with Gasteiger partial charge in [0.15, 0.2) is 0 Å². The van der Waals surface area contributed by atoms with E-state index < -0.39 is 10.0 Å². The maximum Gasteiger partial charge on any atom is 0.213 e. The van der Waals surface area contributed by atoms with Crippen molar-refractivity contribution in [1.82, 2.24) is 9.21 Å². The summed E-state index contributed by atoms with van der Waals surface area (Å²) in [6, 6.07) is 8.61. The summed E-state index contributed by atoms with van der Waals surface area (Å²) in [6.07, 6.45) is 6.60. The van der Waals surface area contributed by atoms with Gasteiger partial charge >= 0.3 is 0 Å². The first kappa shape index (κ1) is 19.1. The number of hydrogen-bond donors (Lipinski definition) is 1. The van der Waals surface area contributed by atoms with Crippen LogP contribution in [-0.2, 0) is 10.0 Å². The zero-order valence-corrected chi connectivity index (χ0v) is 17.0. The van der Waals surface area contributed by atoms with Crippen LogP contribution in [0.15, 0.2) is 30.3 Å². The number of nitrogens with zero attached hydrogens (tertiary/aromatic N) is 2. The van der Waals surface area contributed by atoms with E-state index in [4.69, 9.17) is 0 Å². The van der Waals surface area contributed by atoms with Crippen LogP contribution >= 0.6 is 0 Å². The molecular formula is C21H30N2O3S. The van der Waals surface area contributed by atoms with Crippen LogP contribution in [-0.4, -0.2) is 66.3 Å². The lowest BCUT2D eigenvalue weighted by atomic mass is 9.61. The van der Waals surface area contributed by atoms with E-state index in [1.54, 1.807) is 11.2 Å². The average molecular weight is 391 g/mol. The standard InChI is InChI=1S/C21H30N2O3S/c1-3-5-16-8-10-18(11-9-16)20-19(13-24)23(12-17-6-7-17)21(20)14-22(15-21)27(25,26)4-2/h3,5,8-11,17,19-20,24H,4,6-7,12-15H2,1-2H3/b5-3+/t19-,20+/m1/s1. The first-order chi connectivity index (χ1) is 12.9. The second-order valence-electron chi connectivity index (χ2n) is 8.26. The van der Waals surface area contributed by atoms with Gasteiger partial charge in [0.05, 0.1) is 17.9 Å². The molecule has 1 spiro atoms. The molecule has 1 aromatic carbocycles. The second-order valence-corrected chi connectivity index (χ2v) is 10.5. The second kappa shape index (κ2) is 6.99. The topological polar surface area (TPSA) is 60.9 Å². The smallest absolute Gasteiger partial charge is 0.213 e. The third kappa shape index (κ3) is 3.16. The zero-order chi connectivity index (χ0) is 19.2. The van der Waals surface area contributed by atoms with E-state index in [9.17, 15) is 13.5 Å². The molecule has 148 valence electrons. The lowest BCUT2D eigenvalue weighted by Gasteiger charge is -2.70. The molecule has 1 aliphatic carbocycles. The number of benzene rings is 1. The Labute approximate surface area is 162 Å². The van der Waals surface area contributed by atoms with Crippen molar-refractivity contribution in [3.8, 4) is 0 Å². The number of aliphatic hydroxyl groups is 1. The fourth-order valence-corrected chi connectivity index (χ4v) is 6.13. The third-order valence-corrected chi connectivity index (χ3v) is 8.36. The van der Waals surface area contributed by atoms with Gasteiger partial charge in [-0.3, -0.25) is 4.90 Å². The highest BCUT2D eigenvalue weighted by Gasteiger charge is 2.67. The normalized spacial score (nSPS) is 28.4. The molecule has 5 nitrogen and oxygen atoms in total. The van der Waals surface area contributed by atoms with E-state index in [1.807, 2.05) is 13.0 Å². The van der Waals surface area contributed by atoms with Gasteiger partial charge in [-0.15, -0.1) is 0 Å². The lowest BCUT2D eigenvalue weighted by Crippen LogP contribution is -2.85. The predicted octanol–water partition coefficient (Wildman–Crippen LogP) is 2.29. The van der Waals surface area contributed by atoms with E-state index in [0.717, 1.165) is 12.1 Å². The van der Waals surface area contributed by atoms with Crippen LogP contribution in [0.3, 0.4) is 0 Å². The molecule has 3 aliphatic rings. The monoisotopic (exact) mass is 390 g/mol. The third-order valence-electron chi connectivity index (χ3n) is 6.59. The molecule has 2 aliphatic heterocycles. The van der Waals surface area contributed by atoms with Crippen LogP contribution in [0.2, 0.25) is 0 Å². The molecular weight excluding hydrogens is 360 g/mol. The Morgan fingerprint density at radius 2 is 1.89 bits per heavy atom. The molecule has 0 radical (unpaired) electrons. The summed E-state index contributed by atoms with van der Waals surface area (Å²) in [7, 11) is -3.15. The summed E-state index contributed by atoms with van der Waals surface area (Å²) >= 11 is 0. The van der Waals surface area contributed by atoms with Crippen molar-refractivity contribution in [2.75, 3.05) is 32.0 Å². The van der Waals surface area contributed by atoms with Crippen LogP contribution in [0.5, 0.6) is 0 Å². The largest absolute Gasteiger partial charge is 0.395 e. The van der Waals surface area contributed by atoms with E-state index in [0.29, 0.717) is 19.0 Å². The summed E-state index contributed by atoms with van der Waals surface area (Å²) in [5.74, 6) is 1.05. The summed E-state index contributed by atoms with van der Waals surface area (Å²) < 4.78 is 26.3. The van der Waals surface area contributed by atoms with Gasteiger partial charge in [-0.05, 0) is 43.7 Å². The number of likely N-dealkylation sites (tertiary alicyclic amines) is 1. The summed E-state index contributed by atoms with van der Waals surface area (Å²) in [5, 5.41) is 10.1. The maximum atomic E-state index is 12.3. The van der Waals surface area contributed by atoms with Gasteiger partial charge < -0.3 is 5.11 Å². The Morgan fingerprint density at radius 3 is 2.41 bits per heavy atom. The Bertz CT molecular complexity index is 808. The molecule has 2 heterocycles. The summed E-state index contributed by atoms with van der Waals surface area (Å²) in [5.41, 5.74) is 2.22. The minimum absolute atomic E-state index is 0.0876. The minimum Gasteiger partial charge on any atom is -0.395 e. The number of aliphatic hydroxyl groups excluding tert-OH is 1. The van der Waals surface area contributed by atoms with Gasteiger partial charge in [-0.2, -0.15) is 4.31 Å². The van der Waals surface area contributed by atoms with E-state index in [1.165, 1.54) is 18.4 Å². The molecule has 0 aromatic heterocycles. The Balaban J connectivity index is 1.62. The fourth-order valence-electron chi connectivity index (χ4n) is 4.93. The molecule has 3 fully saturated rings. The van der Waals surface area contributed by atoms with Crippen molar-refractivity contribution in [2.24, 2.45) is 5.92 Å². The van der Waals surface area contributed by atoms with Crippen molar-refractivity contribution < 1.29 is 13.5 Å². The van der Waals surface area contributed by atoms with Crippen molar-refractivity contribution in [2.45, 2.75) is 44.2 Å². The van der Waals surface area contributed by atoms with E-state index in [-0.39, 0.29) is 29.9 Å². The molecule has 0 amide bonds. The van der Waals surface area contributed by atoms with Crippen molar-refractivity contribution in [3.63, 3.8) is 0 Å². The van der Waals surface area contributed by atoms with Crippen molar-refractivity contribution in [3.05, 3.63) is 41.5 Å². The first-order valence-electron chi connectivity index (χ1n) is 10.0. The van der Waals surface area contributed by atoms with Gasteiger partial charge in [0.2, 0.25) is 10.0 Å². The number of rotatable bonds is 7. The van der Waals surface area contributed by atoms with Gasteiger partial charge in [0.25, 0.3) is 0 Å². The molecule has 0 unspecified atom stereocenters. The van der Waals surface area contributed by atoms with Crippen molar-refractivity contribution >= 4 is 16.1 Å². The average Bonchev–Trinajstić information content (AvgIpc) is 3.43. The van der Waals surface area contributed by atoms with Gasteiger partial charge in [0.1, 0.15) is 0 Å². The Kier molecular flexibility index (Phi) is 4.95. The molecule has 6 heteroatoms.